The molecule has 0 aliphatic heterocycles. The van der Waals surface area contributed by atoms with E-state index in [-0.39, 0.29) is 11.1 Å². The first-order chi connectivity index (χ1) is 9.70. The molecule has 110 valence electrons. The van der Waals surface area contributed by atoms with Crippen molar-refractivity contribution < 1.29 is 26.7 Å². The van der Waals surface area contributed by atoms with Crippen LogP contribution in [0.4, 0.5) is 22.0 Å². The first-order valence-corrected chi connectivity index (χ1v) is 5.66. The van der Waals surface area contributed by atoms with Gasteiger partial charge < -0.3 is 5.73 Å². The largest absolute Gasteiger partial charge is 0.416 e. The van der Waals surface area contributed by atoms with E-state index in [4.69, 9.17) is 5.73 Å². The first kappa shape index (κ1) is 15.0. The summed E-state index contributed by atoms with van der Waals surface area (Å²) in [6.07, 6.45) is -4.62. The molecule has 2 aromatic carbocycles. The highest BCUT2D eigenvalue weighted by Crippen LogP contribution is 2.33. The number of hydrogen-bond donors (Lipinski definition) is 1. The quantitative estimate of drug-likeness (QED) is 0.843. The van der Waals surface area contributed by atoms with E-state index in [1.165, 1.54) is 6.07 Å². The standard InChI is InChI=1S/C14H8F5NO/c15-11-6-8(13(20)21)5-10(12(11)16)7-2-1-3-9(4-7)14(17,18)19/h1-6H,(H2,20,21). The second kappa shape index (κ2) is 5.16. The van der Waals surface area contributed by atoms with E-state index in [1.807, 2.05) is 0 Å². The van der Waals surface area contributed by atoms with Crippen molar-refractivity contribution >= 4 is 5.91 Å². The number of halogens is 5. The number of primary amides is 1. The Labute approximate surface area is 116 Å². The number of alkyl halides is 3. The average Bonchev–Trinajstić information content (AvgIpc) is 2.40. The van der Waals surface area contributed by atoms with Crippen molar-refractivity contribution in [3.05, 3.63) is 59.2 Å². The summed E-state index contributed by atoms with van der Waals surface area (Å²) in [6, 6.07) is 5.22. The molecule has 1 amide bonds. The van der Waals surface area contributed by atoms with Crippen LogP contribution in [-0.4, -0.2) is 5.91 Å². The lowest BCUT2D eigenvalue weighted by Gasteiger charge is -2.10. The predicted octanol–water partition coefficient (Wildman–Crippen LogP) is 3.75. The summed E-state index contributed by atoms with van der Waals surface area (Å²) in [7, 11) is 0. The van der Waals surface area contributed by atoms with Crippen molar-refractivity contribution in [2.45, 2.75) is 6.18 Å². The average molecular weight is 301 g/mol. The van der Waals surface area contributed by atoms with Gasteiger partial charge in [-0.05, 0) is 29.8 Å². The zero-order valence-electron chi connectivity index (χ0n) is 10.3. The maximum Gasteiger partial charge on any atom is 0.416 e. The van der Waals surface area contributed by atoms with Gasteiger partial charge in [0.1, 0.15) is 0 Å². The molecule has 0 aliphatic rings. The summed E-state index contributed by atoms with van der Waals surface area (Å²) in [4.78, 5) is 11.0. The van der Waals surface area contributed by atoms with Crippen LogP contribution in [-0.2, 0) is 6.18 Å². The van der Waals surface area contributed by atoms with Crippen LogP contribution < -0.4 is 5.73 Å². The Hall–Kier alpha value is -2.44. The highest BCUT2D eigenvalue weighted by atomic mass is 19.4. The van der Waals surface area contributed by atoms with Gasteiger partial charge in [0, 0.05) is 11.1 Å². The Morgan fingerprint density at radius 2 is 1.71 bits per heavy atom. The first-order valence-electron chi connectivity index (χ1n) is 5.66. The summed E-state index contributed by atoms with van der Waals surface area (Å²) in [5.74, 6) is -3.72. The summed E-state index contributed by atoms with van der Waals surface area (Å²) in [5.41, 5.74) is 2.96. The predicted molar refractivity (Wildman–Crippen MR) is 65.3 cm³/mol. The topological polar surface area (TPSA) is 43.1 Å². The van der Waals surface area contributed by atoms with E-state index in [9.17, 15) is 26.7 Å². The number of rotatable bonds is 2. The molecular weight excluding hydrogens is 293 g/mol. The van der Waals surface area contributed by atoms with Gasteiger partial charge in [0.15, 0.2) is 11.6 Å². The molecule has 2 rings (SSSR count). The van der Waals surface area contributed by atoms with Crippen LogP contribution in [0.2, 0.25) is 0 Å². The van der Waals surface area contributed by atoms with Gasteiger partial charge in [-0.15, -0.1) is 0 Å². The van der Waals surface area contributed by atoms with Crippen molar-refractivity contribution in [3.8, 4) is 11.1 Å². The molecule has 2 N–H and O–H groups in total. The molecule has 0 saturated carbocycles. The van der Waals surface area contributed by atoms with Gasteiger partial charge in [0.2, 0.25) is 5.91 Å². The summed E-state index contributed by atoms with van der Waals surface area (Å²) in [6.45, 7) is 0. The molecular formula is C14H8F5NO. The molecule has 0 bridgehead atoms. The lowest BCUT2D eigenvalue weighted by molar-refractivity contribution is -0.137. The van der Waals surface area contributed by atoms with Gasteiger partial charge in [0.25, 0.3) is 0 Å². The zero-order valence-corrected chi connectivity index (χ0v) is 10.3. The smallest absolute Gasteiger partial charge is 0.366 e. The van der Waals surface area contributed by atoms with E-state index < -0.39 is 34.8 Å². The summed E-state index contributed by atoms with van der Waals surface area (Å²) >= 11 is 0. The van der Waals surface area contributed by atoms with Gasteiger partial charge in [0.05, 0.1) is 5.56 Å². The van der Waals surface area contributed by atoms with Gasteiger partial charge in [-0.3, -0.25) is 4.79 Å². The zero-order chi connectivity index (χ0) is 15.8. The fourth-order valence-electron chi connectivity index (χ4n) is 1.80. The fourth-order valence-corrected chi connectivity index (χ4v) is 1.80. The number of benzene rings is 2. The molecule has 0 fully saturated rings. The van der Waals surface area contributed by atoms with Gasteiger partial charge in [-0.25, -0.2) is 8.78 Å². The number of hydrogen-bond acceptors (Lipinski definition) is 1. The van der Waals surface area contributed by atoms with Crippen LogP contribution in [0.25, 0.3) is 11.1 Å². The minimum Gasteiger partial charge on any atom is -0.366 e. The Morgan fingerprint density at radius 3 is 2.29 bits per heavy atom. The molecule has 7 heteroatoms. The number of carbonyl (C=O) groups excluding carboxylic acids is 1. The monoisotopic (exact) mass is 301 g/mol. The second-order valence-corrected chi connectivity index (χ2v) is 4.26. The molecule has 0 spiro atoms. The summed E-state index contributed by atoms with van der Waals surface area (Å²) < 4.78 is 65.1. The van der Waals surface area contributed by atoms with E-state index >= 15 is 0 Å². The molecule has 21 heavy (non-hydrogen) atoms. The van der Waals surface area contributed by atoms with Crippen LogP contribution in [0, 0.1) is 11.6 Å². The minimum atomic E-state index is -4.62. The molecule has 0 radical (unpaired) electrons. The lowest BCUT2D eigenvalue weighted by atomic mass is 9.99. The molecule has 0 atom stereocenters. The third-order valence-corrected chi connectivity index (χ3v) is 2.81. The Bertz CT molecular complexity index is 709. The van der Waals surface area contributed by atoms with Crippen LogP contribution >= 0.6 is 0 Å². The van der Waals surface area contributed by atoms with E-state index in [0.29, 0.717) is 12.1 Å². The third-order valence-electron chi connectivity index (χ3n) is 2.81. The molecule has 0 saturated heterocycles. The van der Waals surface area contributed by atoms with Crippen molar-refractivity contribution in [2.24, 2.45) is 5.73 Å². The molecule has 0 unspecified atom stereocenters. The van der Waals surface area contributed by atoms with Gasteiger partial charge in [-0.2, -0.15) is 13.2 Å². The SMILES string of the molecule is NC(=O)c1cc(F)c(F)c(-c2cccc(C(F)(F)F)c2)c1. The molecule has 0 aromatic heterocycles. The lowest BCUT2D eigenvalue weighted by Crippen LogP contribution is -2.12. The Morgan fingerprint density at radius 1 is 1.05 bits per heavy atom. The van der Waals surface area contributed by atoms with E-state index in [2.05, 4.69) is 0 Å². The van der Waals surface area contributed by atoms with Crippen LogP contribution in [0.1, 0.15) is 15.9 Å². The van der Waals surface area contributed by atoms with Crippen molar-refractivity contribution in [3.63, 3.8) is 0 Å². The minimum absolute atomic E-state index is 0.204. The van der Waals surface area contributed by atoms with Crippen LogP contribution in [0.5, 0.6) is 0 Å². The Balaban J connectivity index is 2.64. The molecule has 2 nitrogen and oxygen atoms in total. The van der Waals surface area contributed by atoms with E-state index in [1.54, 1.807) is 0 Å². The highest BCUT2D eigenvalue weighted by molar-refractivity contribution is 5.94. The van der Waals surface area contributed by atoms with Crippen molar-refractivity contribution in [2.75, 3.05) is 0 Å². The maximum absolute atomic E-state index is 13.8. The molecule has 2 aromatic rings. The van der Waals surface area contributed by atoms with Crippen molar-refractivity contribution in [1.82, 2.24) is 0 Å². The fraction of sp³-hybridized carbons (Fsp3) is 0.0714. The number of carbonyl (C=O) groups is 1. The third kappa shape index (κ3) is 3.01. The van der Waals surface area contributed by atoms with E-state index in [0.717, 1.165) is 18.2 Å². The van der Waals surface area contributed by atoms with Crippen molar-refractivity contribution in [1.29, 1.82) is 0 Å². The van der Waals surface area contributed by atoms with Crippen LogP contribution in [0.3, 0.4) is 0 Å². The highest BCUT2D eigenvalue weighted by Gasteiger charge is 2.30. The number of amides is 1. The normalized spacial score (nSPS) is 11.5. The van der Waals surface area contributed by atoms with Crippen LogP contribution in [0.15, 0.2) is 36.4 Å². The second-order valence-electron chi connectivity index (χ2n) is 4.26. The van der Waals surface area contributed by atoms with Gasteiger partial charge >= 0.3 is 6.18 Å². The maximum atomic E-state index is 13.8. The Kier molecular flexibility index (Phi) is 3.67. The number of nitrogens with two attached hydrogens (primary N) is 1. The molecule has 0 aliphatic carbocycles. The van der Waals surface area contributed by atoms with Gasteiger partial charge in [-0.1, -0.05) is 12.1 Å². The molecule has 0 heterocycles. The summed E-state index contributed by atoms with van der Waals surface area (Å²) in [5, 5.41) is 0.